The molecule has 0 amide bonds. The van der Waals surface area contributed by atoms with Crippen LogP contribution in [0.15, 0.2) is 19.0 Å². The van der Waals surface area contributed by atoms with Gasteiger partial charge in [0.25, 0.3) is 0 Å². The summed E-state index contributed by atoms with van der Waals surface area (Å²) < 4.78 is 1.75. The van der Waals surface area contributed by atoms with Gasteiger partial charge in [0.15, 0.2) is 0 Å². The first-order valence-electron chi connectivity index (χ1n) is 5.69. The maximum Gasteiger partial charge on any atom is 0.0538 e. The number of nitrogens with one attached hydrogen (secondary N) is 1. The summed E-state index contributed by atoms with van der Waals surface area (Å²) in [5, 5.41) is 7.81. The molecule has 0 spiro atoms. The van der Waals surface area contributed by atoms with Crippen molar-refractivity contribution in [2.45, 2.75) is 44.7 Å². The third-order valence-corrected chi connectivity index (χ3v) is 3.50. The summed E-state index contributed by atoms with van der Waals surface area (Å²) >= 11 is 0. The van der Waals surface area contributed by atoms with Gasteiger partial charge in [0.2, 0.25) is 0 Å². The normalized spacial score (nSPS) is 18.5. The Labute approximate surface area is 91.2 Å². The summed E-state index contributed by atoms with van der Waals surface area (Å²) in [7, 11) is 0. The van der Waals surface area contributed by atoms with Crippen LogP contribution in [0.1, 0.15) is 38.2 Å². The van der Waals surface area contributed by atoms with Gasteiger partial charge in [0.1, 0.15) is 0 Å². The molecule has 0 radical (unpaired) electrons. The van der Waals surface area contributed by atoms with Crippen LogP contribution in [0.3, 0.4) is 0 Å². The summed E-state index contributed by atoms with van der Waals surface area (Å²) in [6, 6.07) is 0. The van der Waals surface area contributed by atoms with Gasteiger partial charge in [-0.05, 0) is 25.7 Å². The molecule has 3 nitrogen and oxygen atoms in total. The average Bonchev–Trinajstić information content (AvgIpc) is 2.65. The molecule has 2 rings (SSSR count). The van der Waals surface area contributed by atoms with Crippen molar-refractivity contribution in [2.75, 3.05) is 0 Å². The predicted molar refractivity (Wildman–Crippen MR) is 62.3 cm³/mol. The number of hydrogen-bond donors (Lipinski definition) is 1. The van der Waals surface area contributed by atoms with Crippen molar-refractivity contribution in [2.24, 2.45) is 0 Å². The quantitative estimate of drug-likeness (QED) is 0.800. The molecule has 0 saturated heterocycles. The van der Waals surface area contributed by atoms with Gasteiger partial charge in [0.05, 0.1) is 6.20 Å². The highest BCUT2D eigenvalue weighted by Gasteiger charge is 2.34. The second kappa shape index (κ2) is 4.19. The van der Waals surface area contributed by atoms with Crippen LogP contribution in [0.25, 0.3) is 6.20 Å². The van der Waals surface area contributed by atoms with Gasteiger partial charge < -0.3 is 5.32 Å². The first kappa shape index (κ1) is 10.4. The van der Waals surface area contributed by atoms with Crippen molar-refractivity contribution in [3.05, 3.63) is 24.5 Å². The Hall–Kier alpha value is -1.09. The molecule has 1 aromatic rings. The van der Waals surface area contributed by atoms with Gasteiger partial charge in [0, 0.05) is 30.0 Å². The lowest BCUT2D eigenvalue weighted by Gasteiger charge is -2.42. The molecule has 3 heteroatoms. The Kier molecular flexibility index (Phi) is 2.91. The van der Waals surface area contributed by atoms with Crippen LogP contribution in [-0.2, 0) is 6.54 Å². The first-order valence-corrected chi connectivity index (χ1v) is 5.69. The summed E-state index contributed by atoms with van der Waals surface area (Å²) in [6.45, 7) is 6.86. The monoisotopic (exact) mass is 205 g/mol. The average molecular weight is 205 g/mol. The molecule has 1 aromatic heterocycles. The van der Waals surface area contributed by atoms with Gasteiger partial charge in [-0.2, -0.15) is 5.10 Å². The zero-order valence-electron chi connectivity index (χ0n) is 9.37. The Bertz CT molecular complexity index is 331. The van der Waals surface area contributed by atoms with Crippen molar-refractivity contribution in [1.82, 2.24) is 15.1 Å². The smallest absolute Gasteiger partial charge is 0.0538 e. The number of rotatable bonds is 5. The molecule has 0 aliphatic heterocycles. The van der Waals surface area contributed by atoms with Crippen molar-refractivity contribution in [1.29, 1.82) is 0 Å². The van der Waals surface area contributed by atoms with E-state index in [1.807, 2.05) is 12.4 Å². The number of hydrogen-bond acceptors (Lipinski definition) is 2. The van der Waals surface area contributed by atoms with Crippen LogP contribution in [0, 0.1) is 0 Å². The third-order valence-electron chi connectivity index (χ3n) is 3.50. The summed E-state index contributed by atoms with van der Waals surface area (Å²) in [5.41, 5.74) is 1.64. The fourth-order valence-electron chi connectivity index (χ4n) is 2.12. The van der Waals surface area contributed by atoms with E-state index in [1.165, 1.54) is 31.2 Å². The van der Waals surface area contributed by atoms with Gasteiger partial charge >= 0.3 is 0 Å². The molecule has 0 unspecified atom stereocenters. The Morgan fingerprint density at radius 3 is 2.93 bits per heavy atom. The topological polar surface area (TPSA) is 29.9 Å². The third kappa shape index (κ3) is 2.12. The van der Waals surface area contributed by atoms with E-state index in [2.05, 4.69) is 23.9 Å². The zero-order chi connectivity index (χ0) is 10.7. The number of nitrogens with zero attached hydrogens (tertiary/aromatic N) is 2. The Balaban J connectivity index is 1.89. The SMILES string of the molecule is C=Cn1cc(CNC2(CC)CCC2)cn1. The highest BCUT2D eigenvalue weighted by molar-refractivity contribution is 5.17. The lowest BCUT2D eigenvalue weighted by atomic mass is 9.75. The van der Waals surface area contributed by atoms with Crippen LogP contribution >= 0.6 is 0 Å². The first-order chi connectivity index (χ1) is 7.28. The standard InChI is InChI=1S/C12H19N3/c1-3-12(6-5-7-12)13-8-11-9-14-15(4-2)10-11/h4,9-10,13H,2-3,5-8H2,1H3. The van der Waals surface area contributed by atoms with Crippen LogP contribution < -0.4 is 5.32 Å². The van der Waals surface area contributed by atoms with E-state index in [0.717, 1.165) is 6.54 Å². The minimum atomic E-state index is 0.413. The second-order valence-electron chi connectivity index (χ2n) is 4.35. The highest BCUT2D eigenvalue weighted by atomic mass is 15.2. The minimum Gasteiger partial charge on any atom is -0.307 e. The fraction of sp³-hybridized carbons (Fsp3) is 0.583. The van der Waals surface area contributed by atoms with Crippen molar-refractivity contribution >= 4 is 6.20 Å². The van der Waals surface area contributed by atoms with Gasteiger partial charge in [-0.3, -0.25) is 0 Å². The van der Waals surface area contributed by atoms with E-state index in [1.54, 1.807) is 10.9 Å². The van der Waals surface area contributed by atoms with Gasteiger partial charge in [-0.1, -0.05) is 13.5 Å². The number of aromatic nitrogens is 2. The Morgan fingerprint density at radius 2 is 2.47 bits per heavy atom. The molecule has 1 saturated carbocycles. The van der Waals surface area contributed by atoms with Crippen LogP contribution in [0.5, 0.6) is 0 Å². The molecule has 1 heterocycles. The molecule has 0 atom stereocenters. The van der Waals surface area contributed by atoms with Crippen molar-refractivity contribution < 1.29 is 0 Å². The second-order valence-corrected chi connectivity index (χ2v) is 4.35. The van der Waals surface area contributed by atoms with Crippen LogP contribution in [0.2, 0.25) is 0 Å². The maximum absolute atomic E-state index is 4.16. The molecular weight excluding hydrogens is 186 g/mol. The predicted octanol–water partition coefficient (Wildman–Crippen LogP) is 2.41. The van der Waals surface area contributed by atoms with E-state index in [4.69, 9.17) is 0 Å². The van der Waals surface area contributed by atoms with Crippen LogP contribution in [0.4, 0.5) is 0 Å². The molecule has 1 aliphatic carbocycles. The molecule has 15 heavy (non-hydrogen) atoms. The van der Waals surface area contributed by atoms with E-state index >= 15 is 0 Å². The van der Waals surface area contributed by atoms with Crippen molar-refractivity contribution in [3.8, 4) is 0 Å². The molecule has 0 bridgehead atoms. The van der Waals surface area contributed by atoms with Gasteiger partial charge in [-0.25, -0.2) is 4.68 Å². The summed E-state index contributed by atoms with van der Waals surface area (Å²) in [6.07, 6.45) is 10.9. The summed E-state index contributed by atoms with van der Waals surface area (Å²) in [5.74, 6) is 0. The van der Waals surface area contributed by atoms with Gasteiger partial charge in [-0.15, -0.1) is 0 Å². The van der Waals surface area contributed by atoms with Crippen molar-refractivity contribution in [3.63, 3.8) is 0 Å². The van der Waals surface area contributed by atoms with E-state index in [-0.39, 0.29) is 0 Å². The zero-order valence-corrected chi connectivity index (χ0v) is 9.37. The minimum absolute atomic E-state index is 0.413. The largest absolute Gasteiger partial charge is 0.307 e. The molecule has 1 aliphatic rings. The summed E-state index contributed by atoms with van der Waals surface area (Å²) in [4.78, 5) is 0. The molecule has 1 fully saturated rings. The lowest BCUT2D eigenvalue weighted by molar-refractivity contribution is 0.175. The van der Waals surface area contributed by atoms with E-state index in [0.29, 0.717) is 5.54 Å². The maximum atomic E-state index is 4.16. The molecular formula is C12H19N3. The molecule has 1 N–H and O–H groups in total. The molecule has 0 aromatic carbocycles. The lowest BCUT2D eigenvalue weighted by Crippen LogP contribution is -2.49. The highest BCUT2D eigenvalue weighted by Crippen LogP contribution is 2.34. The van der Waals surface area contributed by atoms with Crippen LogP contribution in [-0.4, -0.2) is 15.3 Å². The van der Waals surface area contributed by atoms with E-state index < -0.39 is 0 Å². The fourth-order valence-corrected chi connectivity index (χ4v) is 2.12. The van der Waals surface area contributed by atoms with E-state index in [9.17, 15) is 0 Å². The molecule has 82 valence electrons. The Morgan fingerprint density at radius 1 is 1.67 bits per heavy atom.